The summed E-state index contributed by atoms with van der Waals surface area (Å²) in [5.74, 6) is 0.738. The second-order valence-corrected chi connectivity index (χ2v) is 8.10. The van der Waals surface area contributed by atoms with E-state index >= 15 is 0 Å². The van der Waals surface area contributed by atoms with Crippen LogP contribution in [0.2, 0.25) is 0 Å². The van der Waals surface area contributed by atoms with Crippen LogP contribution in [-0.2, 0) is 4.79 Å². The first-order valence-corrected chi connectivity index (χ1v) is 10.7. The minimum Gasteiger partial charge on any atom is -0.481 e. The van der Waals surface area contributed by atoms with Gasteiger partial charge in [-0.05, 0) is 56.0 Å². The molecule has 1 aliphatic heterocycles. The van der Waals surface area contributed by atoms with Crippen LogP contribution >= 0.6 is 0 Å². The number of hydrogen-bond donors (Lipinski definition) is 0. The molecule has 1 atom stereocenters. The summed E-state index contributed by atoms with van der Waals surface area (Å²) >= 11 is 0. The van der Waals surface area contributed by atoms with Gasteiger partial charge in [-0.2, -0.15) is 0 Å². The van der Waals surface area contributed by atoms with Crippen molar-refractivity contribution in [1.82, 2.24) is 9.88 Å². The van der Waals surface area contributed by atoms with Crippen LogP contribution in [0.5, 0.6) is 5.75 Å². The van der Waals surface area contributed by atoms with Gasteiger partial charge < -0.3 is 14.5 Å². The van der Waals surface area contributed by atoms with Gasteiger partial charge in [-0.3, -0.25) is 9.78 Å². The van der Waals surface area contributed by atoms with Crippen LogP contribution in [0.1, 0.15) is 26.2 Å². The molecular formula is C25H29N3O2. The van der Waals surface area contributed by atoms with Crippen molar-refractivity contribution in [3.8, 4) is 16.9 Å². The largest absolute Gasteiger partial charge is 0.481 e. The lowest BCUT2D eigenvalue weighted by Crippen LogP contribution is -2.43. The fourth-order valence-corrected chi connectivity index (χ4v) is 4.15. The van der Waals surface area contributed by atoms with Crippen molar-refractivity contribution in [2.75, 3.05) is 32.1 Å². The molecule has 0 bridgehead atoms. The quantitative estimate of drug-likeness (QED) is 0.617. The Balaban J connectivity index is 1.61. The van der Waals surface area contributed by atoms with Gasteiger partial charge in [-0.1, -0.05) is 18.2 Å². The van der Waals surface area contributed by atoms with Crippen LogP contribution in [0, 0.1) is 0 Å². The summed E-state index contributed by atoms with van der Waals surface area (Å²) in [7, 11) is 4.10. The molecule has 0 N–H and O–H groups in total. The Kier molecular flexibility index (Phi) is 5.88. The SMILES string of the molecule is CC(Oc1ccc2c(-c3ccccc3N(C)C)ccnc2c1)C(=O)N1CCCCC1. The standard InChI is InChI=1S/C25H29N3O2/c1-18(25(29)28-15-7-4-8-16-28)30-19-11-12-21-20(13-14-26-23(21)17-19)22-9-5-6-10-24(22)27(2)3/h5-6,9-14,17-18H,4,7-8,15-16H2,1-3H3. The molecule has 1 fully saturated rings. The molecule has 156 valence electrons. The fourth-order valence-electron chi connectivity index (χ4n) is 4.15. The maximum Gasteiger partial charge on any atom is 0.263 e. The predicted octanol–water partition coefficient (Wildman–Crippen LogP) is 4.75. The molecule has 30 heavy (non-hydrogen) atoms. The number of para-hydroxylation sites is 1. The number of ether oxygens (including phenoxy) is 1. The van der Waals surface area contributed by atoms with E-state index in [2.05, 4.69) is 48.2 Å². The number of carbonyl (C=O) groups excluding carboxylic acids is 1. The molecule has 1 aliphatic rings. The number of benzene rings is 2. The molecule has 1 amide bonds. The Labute approximate surface area is 178 Å². The normalized spacial score (nSPS) is 15.1. The van der Waals surface area contributed by atoms with Crippen LogP contribution < -0.4 is 9.64 Å². The van der Waals surface area contributed by atoms with Gasteiger partial charge in [0.15, 0.2) is 6.10 Å². The van der Waals surface area contributed by atoms with Crippen molar-refractivity contribution in [2.45, 2.75) is 32.3 Å². The number of anilines is 1. The van der Waals surface area contributed by atoms with Crippen molar-refractivity contribution in [3.63, 3.8) is 0 Å². The Bertz CT molecular complexity index is 1040. The topological polar surface area (TPSA) is 45.7 Å². The second-order valence-electron chi connectivity index (χ2n) is 8.10. The summed E-state index contributed by atoms with van der Waals surface area (Å²) in [5.41, 5.74) is 4.31. The van der Waals surface area contributed by atoms with E-state index in [0.29, 0.717) is 5.75 Å². The van der Waals surface area contributed by atoms with E-state index in [1.54, 1.807) is 0 Å². The maximum absolute atomic E-state index is 12.7. The van der Waals surface area contributed by atoms with Crippen LogP contribution in [-0.4, -0.2) is 49.1 Å². The lowest BCUT2D eigenvalue weighted by molar-refractivity contribution is -0.138. The fraction of sp³-hybridized carbons (Fsp3) is 0.360. The Hall–Kier alpha value is -3.08. The van der Waals surface area contributed by atoms with E-state index in [-0.39, 0.29) is 5.91 Å². The molecule has 4 rings (SSSR count). The number of piperidine rings is 1. The Morgan fingerprint density at radius 1 is 1.03 bits per heavy atom. The van der Waals surface area contributed by atoms with Crippen molar-refractivity contribution < 1.29 is 9.53 Å². The zero-order valence-electron chi connectivity index (χ0n) is 18.0. The van der Waals surface area contributed by atoms with E-state index in [4.69, 9.17) is 4.74 Å². The van der Waals surface area contributed by atoms with E-state index in [1.165, 1.54) is 6.42 Å². The van der Waals surface area contributed by atoms with Crippen molar-refractivity contribution >= 4 is 22.5 Å². The molecule has 1 aromatic heterocycles. The number of nitrogens with zero attached hydrogens (tertiary/aromatic N) is 3. The molecule has 0 spiro atoms. The minimum atomic E-state index is -0.502. The summed E-state index contributed by atoms with van der Waals surface area (Å²) in [5, 5.41) is 1.06. The first kappa shape index (κ1) is 20.2. The average molecular weight is 404 g/mol. The van der Waals surface area contributed by atoms with Gasteiger partial charge in [0.25, 0.3) is 5.91 Å². The number of rotatable bonds is 5. The smallest absolute Gasteiger partial charge is 0.263 e. The number of hydrogen-bond acceptors (Lipinski definition) is 4. The van der Waals surface area contributed by atoms with Gasteiger partial charge in [0.1, 0.15) is 5.75 Å². The molecule has 0 radical (unpaired) electrons. The van der Waals surface area contributed by atoms with Gasteiger partial charge in [0.2, 0.25) is 0 Å². The summed E-state index contributed by atoms with van der Waals surface area (Å²) < 4.78 is 6.01. The maximum atomic E-state index is 12.7. The monoisotopic (exact) mass is 403 g/mol. The third-order valence-corrected chi connectivity index (χ3v) is 5.72. The summed E-state index contributed by atoms with van der Waals surface area (Å²) in [6, 6.07) is 16.3. The summed E-state index contributed by atoms with van der Waals surface area (Å²) in [6.07, 6.45) is 4.69. The molecule has 3 aromatic rings. The molecule has 0 saturated carbocycles. The van der Waals surface area contributed by atoms with Crippen LogP contribution in [0.3, 0.4) is 0 Å². The molecule has 0 aliphatic carbocycles. The first-order chi connectivity index (χ1) is 14.5. The number of amides is 1. The van der Waals surface area contributed by atoms with Gasteiger partial charge in [0.05, 0.1) is 5.52 Å². The molecule has 2 aromatic carbocycles. The van der Waals surface area contributed by atoms with Crippen molar-refractivity contribution in [3.05, 3.63) is 54.7 Å². The lowest BCUT2D eigenvalue weighted by atomic mass is 9.99. The molecule has 5 nitrogen and oxygen atoms in total. The highest BCUT2D eigenvalue weighted by atomic mass is 16.5. The summed E-state index contributed by atoms with van der Waals surface area (Å²) in [6.45, 7) is 3.50. The Morgan fingerprint density at radius 2 is 1.80 bits per heavy atom. The predicted molar refractivity (Wildman–Crippen MR) is 122 cm³/mol. The molecular weight excluding hydrogens is 374 g/mol. The van der Waals surface area contributed by atoms with Gasteiger partial charge in [-0.15, -0.1) is 0 Å². The first-order valence-electron chi connectivity index (χ1n) is 10.7. The zero-order valence-corrected chi connectivity index (χ0v) is 18.0. The van der Waals surface area contributed by atoms with Crippen molar-refractivity contribution in [1.29, 1.82) is 0 Å². The number of fused-ring (bicyclic) bond motifs is 1. The van der Waals surface area contributed by atoms with Gasteiger partial charge in [0, 0.05) is 56.1 Å². The van der Waals surface area contributed by atoms with Crippen LogP contribution in [0.15, 0.2) is 54.7 Å². The Morgan fingerprint density at radius 3 is 2.57 bits per heavy atom. The van der Waals surface area contributed by atoms with Crippen LogP contribution in [0.4, 0.5) is 5.69 Å². The molecule has 2 heterocycles. The molecule has 1 unspecified atom stereocenters. The van der Waals surface area contributed by atoms with E-state index in [1.807, 2.05) is 42.3 Å². The van der Waals surface area contributed by atoms with Gasteiger partial charge in [-0.25, -0.2) is 0 Å². The van der Waals surface area contributed by atoms with E-state index < -0.39 is 6.10 Å². The van der Waals surface area contributed by atoms with E-state index in [0.717, 1.165) is 53.6 Å². The highest BCUT2D eigenvalue weighted by Gasteiger charge is 2.23. The molecule has 5 heteroatoms. The highest BCUT2D eigenvalue weighted by Crippen LogP contribution is 2.35. The zero-order chi connectivity index (χ0) is 21.1. The number of aromatic nitrogens is 1. The van der Waals surface area contributed by atoms with Crippen LogP contribution in [0.25, 0.3) is 22.0 Å². The summed E-state index contributed by atoms with van der Waals surface area (Å²) in [4.78, 5) is 21.3. The van der Waals surface area contributed by atoms with Gasteiger partial charge >= 0.3 is 0 Å². The lowest BCUT2D eigenvalue weighted by Gasteiger charge is -2.29. The highest BCUT2D eigenvalue weighted by molar-refractivity contribution is 5.98. The second kappa shape index (κ2) is 8.74. The molecule has 1 saturated heterocycles. The third kappa shape index (κ3) is 4.11. The minimum absolute atomic E-state index is 0.0661. The number of carbonyl (C=O) groups is 1. The third-order valence-electron chi connectivity index (χ3n) is 5.72. The van der Waals surface area contributed by atoms with E-state index in [9.17, 15) is 4.79 Å². The average Bonchev–Trinajstić information content (AvgIpc) is 2.78. The van der Waals surface area contributed by atoms with Crippen molar-refractivity contribution in [2.24, 2.45) is 0 Å². The number of likely N-dealkylation sites (tertiary alicyclic amines) is 1. The number of pyridine rings is 1.